The average molecular weight is 457 g/mol. The van der Waals surface area contributed by atoms with Crippen LogP contribution in [0.1, 0.15) is 23.8 Å². The van der Waals surface area contributed by atoms with Crippen LogP contribution in [0.2, 0.25) is 10.0 Å². The summed E-state index contributed by atoms with van der Waals surface area (Å²) < 4.78 is 5.42. The maximum Gasteiger partial charge on any atom is 0.241 e. The number of amides is 1. The number of hydrogen-bond donors (Lipinski definition) is 0. The Kier molecular flexibility index (Phi) is 5.69. The number of nitrogens with zero attached hydrogens (tertiary/aromatic N) is 4. The molecule has 2 heterocycles. The molecule has 1 saturated heterocycles. The van der Waals surface area contributed by atoms with E-state index in [1.165, 1.54) is 0 Å². The van der Waals surface area contributed by atoms with Crippen LogP contribution in [0, 0.1) is 5.92 Å². The molecular formula is C23H22Cl2N4O2. The largest absolute Gasteiger partial charge is 0.340 e. The molecule has 1 aliphatic heterocycles. The highest BCUT2D eigenvalue weighted by atomic mass is 35.5. The van der Waals surface area contributed by atoms with Gasteiger partial charge in [-0.1, -0.05) is 46.6 Å². The molecule has 0 spiro atoms. The molecule has 8 heteroatoms. The molecule has 5 rings (SSSR count). The van der Waals surface area contributed by atoms with Crippen LogP contribution in [0.4, 0.5) is 0 Å². The van der Waals surface area contributed by atoms with Crippen LogP contribution in [-0.4, -0.2) is 52.0 Å². The van der Waals surface area contributed by atoms with Crippen molar-refractivity contribution in [3.8, 4) is 11.4 Å². The highest BCUT2D eigenvalue weighted by molar-refractivity contribution is 6.31. The van der Waals surface area contributed by atoms with E-state index in [1.807, 2.05) is 41.3 Å². The lowest BCUT2D eigenvalue weighted by Gasteiger charge is -2.34. The number of hydrogen-bond acceptors (Lipinski definition) is 5. The van der Waals surface area contributed by atoms with E-state index < -0.39 is 0 Å². The van der Waals surface area contributed by atoms with Gasteiger partial charge in [0.2, 0.25) is 17.6 Å². The van der Waals surface area contributed by atoms with Crippen LogP contribution in [0.5, 0.6) is 0 Å². The van der Waals surface area contributed by atoms with Gasteiger partial charge in [-0.15, -0.1) is 0 Å². The van der Waals surface area contributed by atoms with Crippen molar-refractivity contribution in [1.29, 1.82) is 0 Å². The molecule has 3 aromatic rings. The fourth-order valence-corrected chi connectivity index (χ4v) is 4.58. The Morgan fingerprint density at radius 2 is 1.77 bits per heavy atom. The van der Waals surface area contributed by atoms with Crippen LogP contribution < -0.4 is 0 Å². The minimum absolute atomic E-state index is 0.0596. The lowest BCUT2D eigenvalue weighted by Crippen LogP contribution is -2.48. The number of halogens is 2. The van der Waals surface area contributed by atoms with E-state index in [4.69, 9.17) is 27.7 Å². The number of benzene rings is 2. The Hall–Kier alpha value is -2.41. The molecule has 160 valence electrons. The van der Waals surface area contributed by atoms with Gasteiger partial charge < -0.3 is 9.42 Å². The van der Waals surface area contributed by atoms with Gasteiger partial charge in [0.25, 0.3) is 0 Å². The SMILES string of the molecule is O=C(C1CC1c1ccccc1Cl)N1CCN(Cc2nc(-c3ccc(Cl)cc3)no2)CC1. The summed E-state index contributed by atoms with van der Waals surface area (Å²) in [5.41, 5.74) is 1.96. The summed E-state index contributed by atoms with van der Waals surface area (Å²) in [4.78, 5) is 21.6. The van der Waals surface area contributed by atoms with Crippen molar-refractivity contribution in [3.63, 3.8) is 0 Å². The monoisotopic (exact) mass is 456 g/mol. The van der Waals surface area contributed by atoms with Gasteiger partial charge in [-0.05, 0) is 48.2 Å². The zero-order chi connectivity index (χ0) is 21.4. The Balaban J connectivity index is 1.13. The van der Waals surface area contributed by atoms with Gasteiger partial charge in [-0.2, -0.15) is 4.98 Å². The van der Waals surface area contributed by atoms with Crippen molar-refractivity contribution in [2.75, 3.05) is 26.2 Å². The van der Waals surface area contributed by atoms with Crippen LogP contribution in [-0.2, 0) is 11.3 Å². The third-order valence-corrected chi connectivity index (χ3v) is 6.62. The van der Waals surface area contributed by atoms with E-state index in [2.05, 4.69) is 15.0 Å². The Morgan fingerprint density at radius 3 is 2.52 bits per heavy atom. The quantitative estimate of drug-likeness (QED) is 0.565. The third-order valence-electron chi connectivity index (χ3n) is 6.03. The van der Waals surface area contributed by atoms with E-state index in [0.717, 1.165) is 35.7 Å². The fourth-order valence-electron chi connectivity index (χ4n) is 4.17. The van der Waals surface area contributed by atoms with Gasteiger partial charge >= 0.3 is 0 Å². The standard InChI is InChI=1S/C23H22Cl2N4O2/c24-16-7-5-15(6-8-16)22-26-21(31-27-22)14-28-9-11-29(12-10-28)23(30)19-13-18(19)17-3-1-2-4-20(17)25/h1-8,18-19H,9-14H2. The minimum Gasteiger partial charge on any atom is -0.340 e. The molecule has 1 aliphatic carbocycles. The summed E-state index contributed by atoms with van der Waals surface area (Å²) in [5, 5.41) is 5.49. The number of rotatable bonds is 5. The second-order valence-electron chi connectivity index (χ2n) is 8.09. The topological polar surface area (TPSA) is 62.5 Å². The highest BCUT2D eigenvalue weighted by Crippen LogP contribution is 2.50. The van der Waals surface area contributed by atoms with Crippen molar-refractivity contribution in [3.05, 3.63) is 70.0 Å². The minimum atomic E-state index is 0.0596. The molecule has 0 N–H and O–H groups in total. The number of carbonyl (C=O) groups excluding carboxylic acids is 1. The first-order valence-corrected chi connectivity index (χ1v) is 11.2. The number of carbonyl (C=O) groups is 1. The predicted octanol–water partition coefficient (Wildman–Crippen LogP) is 4.49. The smallest absolute Gasteiger partial charge is 0.241 e. The van der Waals surface area contributed by atoms with Crippen molar-refractivity contribution >= 4 is 29.1 Å². The molecule has 2 aliphatic rings. The summed E-state index contributed by atoms with van der Waals surface area (Å²) >= 11 is 12.2. The normalized spacial score (nSPS) is 21.3. The molecule has 1 aromatic heterocycles. The fraction of sp³-hybridized carbons (Fsp3) is 0.348. The van der Waals surface area contributed by atoms with Crippen LogP contribution >= 0.6 is 23.2 Å². The van der Waals surface area contributed by atoms with E-state index in [0.29, 0.717) is 36.4 Å². The van der Waals surface area contributed by atoms with Gasteiger partial charge in [-0.25, -0.2) is 0 Å². The third kappa shape index (κ3) is 4.47. The summed E-state index contributed by atoms with van der Waals surface area (Å²) in [5.74, 6) is 1.69. The zero-order valence-corrected chi connectivity index (χ0v) is 18.4. The molecule has 0 radical (unpaired) electrons. The van der Waals surface area contributed by atoms with Crippen molar-refractivity contribution in [1.82, 2.24) is 19.9 Å². The van der Waals surface area contributed by atoms with Crippen molar-refractivity contribution in [2.24, 2.45) is 5.92 Å². The second-order valence-corrected chi connectivity index (χ2v) is 8.93. The molecule has 31 heavy (non-hydrogen) atoms. The van der Waals surface area contributed by atoms with E-state index in [1.54, 1.807) is 12.1 Å². The molecular weight excluding hydrogens is 435 g/mol. The predicted molar refractivity (Wildman–Crippen MR) is 119 cm³/mol. The van der Waals surface area contributed by atoms with Crippen LogP contribution in [0.15, 0.2) is 53.1 Å². The maximum atomic E-state index is 12.9. The molecule has 2 aromatic carbocycles. The first-order chi connectivity index (χ1) is 15.1. The number of aromatic nitrogens is 2. The molecule has 2 unspecified atom stereocenters. The lowest BCUT2D eigenvalue weighted by atomic mass is 10.1. The Labute approximate surface area is 190 Å². The molecule has 0 bridgehead atoms. The average Bonchev–Trinajstić information content (AvgIpc) is 3.45. The van der Waals surface area contributed by atoms with Gasteiger partial charge in [0.05, 0.1) is 6.54 Å². The highest BCUT2D eigenvalue weighted by Gasteiger charge is 2.46. The van der Waals surface area contributed by atoms with E-state index in [9.17, 15) is 4.79 Å². The molecule has 2 atom stereocenters. The zero-order valence-electron chi connectivity index (χ0n) is 16.9. The van der Waals surface area contributed by atoms with Gasteiger partial charge in [0, 0.05) is 47.7 Å². The number of piperazine rings is 1. The summed E-state index contributed by atoms with van der Waals surface area (Å²) in [6, 6.07) is 15.2. The second kappa shape index (κ2) is 8.61. The first kappa shape index (κ1) is 20.5. The van der Waals surface area contributed by atoms with E-state index in [-0.39, 0.29) is 17.7 Å². The Morgan fingerprint density at radius 1 is 1.03 bits per heavy atom. The molecule has 6 nitrogen and oxygen atoms in total. The van der Waals surface area contributed by atoms with Gasteiger partial charge in [0.15, 0.2) is 0 Å². The van der Waals surface area contributed by atoms with E-state index >= 15 is 0 Å². The molecule has 1 amide bonds. The first-order valence-electron chi connectivity index (χ1n) is 10.4. The lowest BCUT2D eigenvalue weighted by molar-refractivity contribution is -0.134. The van der Waals surface area contributed by atoms with Gasteiger partial charge in [0.1, 0.15) is 0 Å². The molecule has 2 fully saturated rings. The van der Waals surface area contributed by atoms with Crippen molar-refractivity contribution < 1.29 is 9.32 Å². The van der Waals surface area contributed by atoms with Crippen molar-refractivity contribution in [2.45, 2.75) is 18.9 Å². The summed E-state index contributed by atoms with van der Waals surface area (Å²) in [6.45, 7) is 3.57. The van der Waals surface area contributed by atoms with Crippen LogP contribution in [0.3, 0.4) is 0 Å². The van der Waals surface area contributed by atoms with Crippen LogP contribution in [0.25, 0.3) is 11.4 Å². The van der Waals surface area contributed by atoms with Gasteiger partial charge in [-0.3, -0.25) is 9.69 Å². The molecule has 1 saturated carbocycles. The summed E-state index contributed by atoms with van der Waals surface area (Å²) in [6.07, 6.45) is 0.887. The summed E-state index contributed by atoms with van der Waals surface area (Å²) in [7, 11) is 0. The Bertz CT molecular complexity index is 1080. The maximum absolute atomic E-state index is 12.9.